The van der Waals surface area contributed by atoms with E-state index in [0.29, 0.717) is 17.9 Å². The molecule has 0 atom stereocenters. The number of ketones is 1. The van der Waals surface area contributed by atoms with E-state index in [0.717, 1.165) is 12.8 Å². The van der Waals surface area contributed by atoms with Crippen molar-refractivity contribution in [3.8, 4) is 0 Å². The molecule has 4 nitrogen and oxygen atoms in total. The maximum Gasteiger partial charge on any atom is 0.416 e. The first kappa shape index (κ1) is 66.6. The molecule has 0 aliphatic rings. The smallest absolute Gasteiger partial charge is 0.416 e. The van der Waals surface area contributed by atoms with Crippen molar-refractivity contribution in [2.24, 2.45) is 0 Å². The third-order valence-electron chi connectivity index (χ3n) is 12.7. The minimum Gasteiger partial charge on any atom is -0.458 e. The molecule has 0 saturated heterocycles. The number of hydrogen-bond acceptors (Lipinski definition) is 3. The molecule has 0 saturated carbocycles. The van der Waals surface area contributed by atoms with Gasteiger partial charge in [0.2, 0.25) is 12.3 Å². The summed E-state index contributed by atoms with van der Waals surface area (Å²) < 4.78 is 348. The van der Waals surface area contributed by atoms with Crippen molar-refractivity contribution in [1.29, 1.82) is 0 Å². The van der Waals surface area contributed by atoms with E-state index in [4.69, 9.17) is 4.74 Å². The van der Waals surface area contributed by atoms with E-state index in [1.165, 1.54) is 25.7 Å². The number of halogens is 24. The number of nitrogens with zero attached hydrogens (tertiary/aromatic N) is 1. The van der Waals surface area contributed by atoms with Crippen molar-refractivity contribution in [2.45, 2.75) is 101 Å². The van der Waals surface area contributed by atoms with Crippen molar-refractivity contribution >= 4 is 39.7 Å². The zero-order chi connectivity index (χ0) is 62.5. The number of unbranched alkanes of at least 4 members (excludes halogenated alkanes) is 5. The lowest BCUT2D eigenvalue weighted by Crippen LogP contribution is -2.75. The fraction of sp³-hybridized carbons (Fsp3) is 0.315. The van der Waals surface area contributed by atoms with Crippen LogP contribution in [0.15, 0.2) is 128 Å². The third-order valence-corrected chi connectivity index (χ3v) is 12.7. The van der Waals surface area contributed by atoms with E-state index < -0.39 is 195 Å². The third kappa shape index (κ3) is 17.0. The van der Waals surface area contributed by atoms with E-state index in [1.807, 2.05) is 24.3 Å². The highest BCUT2D eigenvalue weighted by Gasteiger charge is 2.47. The lowest BCUT2D eigenvalue weighted by Gasteiger charge is -2.46. The number of carbonyl (C=O) groups is 2. The molecule has 6 aromatic rings. The summed E-state index contributed by atoms with van der Waals surface area (Å²) in [5.74, 6) is -0.410. The molecule has 0 fully saturated rings. The summed E-state index contributed by atoms with van der Waals surface area (Å²) in [7, 11) is 0. The van der Waals surface area contributed by atoms with E-state index >= 15 is 0 Å². The molecule has 1 aromatic heterocycles. The standard InChI is InChI=1S/C32H12BF24.C22H28NO3/c34-25(35,36)13-1-14(26(37,38)39)6-21(5-13)33(22-7-15(27(40,41)42)2-16(8-22)28(43,44)45,23-9-17(29(46,47)48)3-18(10-23)30(49,50)51)24-11-19(31(52,53)54)4-20(12-24)32(55,56)57;1-2-3-4-5-6-12-17-26-22(25)20-15-10-11-16-23(20)18-21(24)19-13-8-7-9-14-19/h1-12H;7-11,13-16H,2-6,12,17-18H2,1H3/q-1;+1. The van der Waals surface area contributed by atoms with Crippen LogP contribution in [-0.4, -0.2) is 24.5 Å². The van der Waals surface area contributed by atoms with Crippen molar-refractivity contribution < 1.29 is 124 Å². The second-order valence-corrected chi connectivity index (χ2v) is 18.6. The molecule has 0 N–H and O–H groups in total. The summed E-state index contributed by atoms with van der Waals surface area (Å²) in [6, 6.07) is 5.57. The van der Waals surface area contributed by atoms with Crippen LogP contribution in [0.5, 0.6) is 0 Å². The Bertz CT molecular complexity index is 2790. The van der Waals surface area contributed by atoms with Crippen LogP contribution in [0, 0.1) is 0 Å². The van der Waals surface area contributed by atoms with Crippen molar-refractivity contribution in [3.63, 3.8) is 0 Å². The van der Waals surface area contributed by atoms with E-state index in [9.17, 15) is 115 Å². The summed E-state index contributed by atoms with van der Waals surface area (Å²) >= 11 is 0. The lowest BCUT2D eigenvalue weighted by molar-refractivity contribution is -0.685. The first-order valence-electron chi connectivity index (χ1n) is 24.1. The number of benzene rings is 5. The van der Waals surface area contributed by atoms with Crippen LogP contribution in [0.25, 0.3) is 0 Å². The second-order valence-electron chi connectivity index (χ2n) is 18.6. The summed E-state index contributed by atoms with van der Waals surface area (Å²) in [6.45, 7) is 2.73. The maximum atomic E-state index is 14.2. The molecule has 6 rings (SSSR count). The highest BCUT2D eigenvalue weighted by molar-refractivity contribution is 7.20. The molecule has 0 unspecified atom stereocenters. The second kappa shape index (κ2) is 24.9. The molecule has 5 aromatic carbocycles. The monoisotopic (exact) mass is 1220 g/mol. The lowest BCUT2D eigenvalue weighted by atomic mass is 9.12. The van der Waals surface area contributed by atoms with Gasteiger partial charge in [0.1, 0.15) is 6.15 Å². The van der Waals surface area contributed by atoms with Gasteiger partial charge in [-0.15, -0.1) is 0 Å². The molecule has 0 aliphatic carbocycles. The summed E-state index contributed by atoms with van der Waals surface area (Å²) in [5.41, 5.74) is -29.2. The average Bonchev–Trinajstić information content (AvgIpc) is 1.20. The SMILES string of the molecule is CCCCCCCCOC(=O)c1cccc[n+]1CC(=O)c1ccccc1.FC(F)(F)c1cc([B-](c2cc(C(F)(F)F)cc(C(F)(F)F)c2)(c2cc(C(F)(F)F)cc(C(F)(F)F)c2)c2cc(C(F)(F)F)cc(C(F)(F)F)c2)cc(C(F)(F)F)c1. The van der Waals surface area contributed by atoms with Gasteiger partial charge in [-0.1, -0.05) is 118 Å². The number of alkyl halides is 24. The average molecular weight is 1220 g/mol. The van der Waals surface area contributed by atoms with Crippen LogP contribution in [-0.2, 0) is 60.7 Å². The minimum absolute atomic E-state index is 0.0354. The number of aromatic nitrogens is 1. The van der Waals surface area contributed by atoms with Gasteiger partial charge in [-0.05, 0) is 36.8 Å². The number of ether oxygens (including phenoxy) is 1. The largest absolute Gasteiger partial charge is 0.458 e. The van der Waals surface area contributed by atoms with Crippen LogP contribution >= 0.6 is 0 Å². The fourth-order valence-corrected chi connectivity index (χ4v) is 8.86. The van der Waals surface area contributed by atoms with Crippen LogP contribution in [0.1, 0.15) is 111 Å². The number of pyridine rings is 1. The van der Waals surface area contributed by atoms with Crippen molar-refractivity contribution in [2.75, 3.05) is 6.61 Å². The summed E-state index contributed by atoms with van der Waals surface area (Å²) in [6.07, 6.45) is -46.2. The Kier molecular flexibility index (Phi) is 20.0. The molecule has 0 aliphatic heterocycles. The molecule has 1 heterocycles. The quantitative estimate of drug-likeness (QED) is 0.0257. The van der Waals surface area contributed by atoms with Crippen molar-refractivity contribution in [3.05, 3.63) is 183 Å². The first-order valence-corrected chi connectivity index (χ1v) is 24.1. The highest BCUT2D eigenvalue weighted by atomic mass is 19.4. The van der Waals surface area contributed by atoms with Gasteiger partial charge in [0.25, 0.3) is 5.69 Å². The molecule has 0 amide bonds. The topological polar surface area (TPSA) is 47.2 Å². The van der Waals surface area contributed by atoms with Crippen LogP contribution in [0.3, 0.4) is 0 Å². The van der Waals surface area contributed by atoms with Gasteiger partial charge in [-0.3, -0.25) is 4.79 Å². The van der Waals surface area contributed by atoms with Gasteiger partial charge in [0.05, 0.1) is 51.1 Å². The fourth-order valence-electron chi connectivity index (χ4n) is 8.86. The van der Waals surface area contributed by atoms with Crippen molar-refractivity contribution in [1.82, 2.24) is 0 Å². The van der Waals surface area contributed by atoms with Gasteiger partial charge >= 0.3 is 55.4 Å². The first-order chi connectivity index (χ1) is 38.0. The Balaban J connectivity index is 0.000000403. The van der Waals surface area contributed by atoms with Gasteiger partial charge in [0, 0.05) is 17.7 Å². The van der Waals surface area contributed by atoms with E-state index in [1.54, 1.807) is 35.0 Å². The van der Waals surface area contributed by atoms with Crippen LogP contribution < -0.4 is 26.4 Å². The normalized spacial score (nSPS) is 13.1. The van der Waals surface area contributed by atoms with E-state index in [2.05, 4.69) is 6.92 Å². The molecule has 29 heteroatoms. The summed E-state index contributed by atoms with van der Waals surface area (Å²) in [5, 5.41) is 0. The highest BCUT2D eigenvalue weighted by Crippen LogP contribution is 2.41. The van der Waals surface area contributed by atoms with E-state index in [-0.39, 0.29) is 18.3 Å². The molecule has 0 radical (unpaired) electrons. The predicted octanol–water partition coefficient (Wildman–Crippen LogP) is 15.6. The molecule has 83 heavy (non-hydrogen) atoms. The van der Waals surface area contributed by atoms with Gasteiger partial charge < -0.3 is 4.74 Å². The number of esters is 1. The molecule has 0 spiro atoms. The zero-order valence-corrected chi connectivity index (χ0v) is 42.1. The van der Waals surface area contributed by atoms with Gasteiger partial charge in [-0.25, -0.2) is 4.79 Å². The Hall–Kier alpha value is -7.23. The Morgan fingerprint density at radius 1 is 0.386 bits per heavy atom. The predicted molar refractivity (Wildman–Crippen MR) is 251 cm³/mol. The molecule has 450 valence electrons. The van der Waals surface area contributed by atoms with Gasteiger partial charge in [-0.2, -0.15) is 132 Å². The minimum atomic E-state index is -6.13. The van der Waals surface area contributed by atoms with Crippen LogP contribution in [0.4, 0.5) is 105 Å². The number of carbonyl (C=O) groups excluding carboxylic acids is 2. The van der Waals surface area contributed by atoms with Gasteiger partial charge in [0.15, 0.2) is 6.20 Å². The number of Topliss-reactive ketones (excluding diaryl/α,β-unsaturated/α-hetero) is 1. The van der Waals surface area contributed by atoms with Crippen LogP contribution in [0.2, 0.25) is 0 Å². The molecular formula is C54H40BF24NO3. The number of hydrogen-bond donors (Lipinski definition) is 0. The molecule has 0 bridgehead atoms. The zero-order valence-electron chi connectivity index (χ0n) is 42.1. The summed E-state index contributed by atoms with van der Waals surface area (Å²) in [4.78, 5) is 24.8. The number of rotatable bonds is 15. The maximum absolute atomic E-state index is 14.2. The Labute approximate surface area is 454 Å². The Morgan fingerprint density at radius 2 is 0.675 bits per heavy atom. The Morgan fingerprint density at radius 3 is 0.976 bits per heavy atom. The molecular weight excluding hydrogens is 1180 g/mol.